The van der Waals surface area contributed by atoms with Crippen LogP contribution in [0, 0.1) is 6.92 Å². The number of hydrogen-bond acceptors (Lipinski definition) is 3. The van der Waals surface area contributed by atoms with E-state index in [-0.39, 0.29) is 18.1 Å². The Morgan fingerprint density at radius 3 is 2.96 bits per heavy atom. The summed E-state index contributed by atoms with van der Waals surface area (Å²) in [6.45, 7) is 4.00. The minimum absolute atomic E-state index is 0.104. The Labute approximate surface area is 142 Å². The molecule has 4 rings (SSSR count). The Balaban J connectivity index is 1.55. The molecule has 24 heavy (non-hydrogen) atoms. The zero-order chi connectivity index (χ0) is 16.5. The monoisotopic (exact) mass is 325 g/mol. The Morgan fingerprint density at radius 1 is 1.29 bits per heavy atom. The minimum Gasteiger partial charge on any atom is -0.374 e. The lowest BCUT2D eigenvalue weighted by atomic mass is 10.1. The molecule has 1 aliphatic heterocycles. The smallest absolute Gasteiger partial charge is 0.257 e. The van der Waals surface area contributed by atoms with Crippen LogP contribution in [0.15, 0.2) is 36.5 Å². The maximum atomic E-state index is 13.0. The summed E-state index contributed by atoms with van der Waals surface area (Å²) < 4.78 is 7.73. The van der Waals surface area contributed by atoms with Gasteiger partial charge in [-0.1, -0.05) is 30.3 Å². The standard InChI is InChI=1S/C19H23N3O2/c1-14-16(12-20-22(14)13-15-6-3-2-4-7-15)19(23)21-10-11-24-18-9-5-8-17(18)21/h2-4,6-7,12,17-18H,5,8-11,13H2,1H3/t17-,18+/m1/s1. The maximum absolute atomic E-state index is 13.0. The summed E-state index contributed by atoms with van der Waals surface area (Å²) in [6, 6.07) is 10.4. The number of nitrogens with zero attached hydrogens (tertiary/aromatic N) is 3. The fraction of sp³-hybridized carbons (Fsp3) is 0.474. The zero-order valence-corrected chi connectivity index (χ0v) is 14.0. The van der Waals surface area contributed by atoms with Crippen molar-refractivity contribution in [3.8, 4) is 0 Å². The van der Waals surface area contributed by atoms with Crippen LogP contribution in [0.2, 0.25) is 0 Å². The van der Waals surface area contributed by atoms with Crippen LogP contribution < -0.4 is 0 Å². The number of hydrogen-bond donors (Lipinski definition) is 0. The van der Waals surface area contributed by atoms with Crippen molar-refractivity contribution in [2.45, 2.75) is 44.9 Å². The van der Waals surface area contributed by atoms with Gasteiger partial charge in [0.2, 0.25) is 0 Å². The van der Waals surface area contributed by atoms with Gasteiger partial charge in [-0.25, -0.2) is 0 Å². The van der Waals surface area contributed by atoms with E-state index in [1.165, 1.54) is 5.56 Å². The molecule has 2 fully saturated rings. The van der Waals surface area contributed by atoms with Gasteiger partial charge in [-0.05, 0) is 31.7 Å². The Hall–Kier alpha value is -2.14. The number of rotatable bonds is 3. The number of carbonyl (C=O) groups is 1. The molecular weight excluding hydrogens is 302 g/mol. The summed E-state index contributed by atoms with van der Waals surface area (Å²) in [6.07, 6.45) is 5.21. The number of amides is 1. The highest BCUT2D eigenvalue weighted by Crippen LogP contribution is 2.31. The molecule has 126 valence electrons. The molecule has 5 nitrogen and oxygen atoms in total. The van der Waals surface area contributed by atoms with E-state index in [4.69, 9.17) is 4.74 Å². The van der Waals surface area contributed by atoms with Crippen LogP contribution in [0.25, 0.3) is 0 Å². The van der Waals surface area contributed by atoms with E-state index in [0.717, 1.165) is 30.5 Å². The van der Waals surface area contributed by atoms with Gasteiger partial charge >= 0.3 is 0 Å². The van der Waals surface area contributed by atoms with Crippen molar-refractivity contribution in [3.63, 3.8) is 0 Å². The van der Waals surface area contributed by atoms with Gasteiger partial charge in [0.1, 0.15) is 0 Å². The van der Waals surface area contributed by atoms with Crippen molar-refractivity contribution in [1.82, 2.24) is 14.7 Å². The van der Waals surface area contributed by atoms with E-state index in [2.05, 4.69) is 17.2 Å². The van der Waals surface area contributed by atoms with Gasteiger partial charge in [-0.3, -0.25) is 9.48 Å². The van der Waals surface area contributed by atoms with Crippen molar-refractivity contribution >= 4 is 5.91 Å². The average Bonchev–Trinajstić information content (AvgIpc) is 3.22. The summed E-state index contributed by atoms with van der Waals surface area (Å²) in [5.74, 6) is 0.104. The first-order valence-electron chi connectivity index (χ1n) is 8.73. The quantitative estimate of drug-likeness (QED) is 0.871. The predicted octanol–water partition coefficient (Wildman–Crippen LogP) is 2.63. The molecule has 2 heterocycles. The number of benzene rings is 1. The highest BCUT2D eigenvalue weighted by Gasteiger charge is 2.39. The lowest BCUT2D eigenvalue weighted by Crippen LogP contribution is -2.51. The topological polar surface area (TPSA) is 47.4 Å². The molecule has 2 atom stereocenters. The molecule has 0 bridgehead atoms. The van der Waals surface area contributed by atoms with Crippen molar-refractivity contribution in [2.75, 3.05) is 13.2 Å². The van der Waals surface area contributed by atoms with Crippen LogP contribution in [0.4, 0.5) is 0 Å². The highest BCUT2D eigenvalue weighted by atomic mass is 16.5. The highest BCUT2D eigenvalue weighted by molar-refractivity contribution is 5.95. The summed E-state index contributed by atoms with van der Waals surface area (Å²) in [4.78, 5) is 15.1. The third kappa shape index (κ3) is 2.73. The molecule has 2 aliphatic rings. The van der Waals surface area contributed by atoms with Crippen molar-refractivity contribution in [3.05, 3.63) is 53.3 Å². The molecule has 0 N–H and O–H groups in total. The second-order valence-corrected chi connectivity index (χ2v) is 6.69. The van der Waals surface area contributed by atoms with E-state index in [1.807, 2.05) is 34.7 Å². The average molecular weight is 325 g/mol. The van der Waals surface area contributed by atoms with E-state index in [9.17, 15) is 4.79 Å². The van der Waals surface area contributed by atoms with Crippen LogP contribution in [-0.2, 0) is 11.3 Å². The first-order valence-corrected chi connectivity index (χ1v) is 8.73. The first-order chi connectivity index (χ1) is 11.7. The molecule has 1 aliphatic carbocycles. The van der Waals surface area contributed by atoms with Crippen LogP contribution in [0.1, 0.15) is 40.9 Å². The van der Waals surface area contributed by atoms with E-state index >= 15 is 0 Å². The lowest BCUT2D eigenvalue weighted by molar-refractivity contribution is -0.0445. The lowest BCUT2D eigenvalue weighted by Gasteiger charge is -2.37. The van der Waals surface area contributed by atoms with E-state index in [1.54, 1.807) is 6.20 Å². The van der Waals surface area contributed by atoms with Gasteiger partial charge in [0.15, 0.2) is 0 Å². The molecular formula is C19H23N3O2. The predicted molar refractivity (Wildman–Crippen MR) is 90.9 cm³/mol. The number of morpholine rings is 1. The van der Waals surface area contributed by atoms with Crippen molar-refractivity contribution in [2.24, 2.45) is 0 Å². The molecule has 1 saturated heterocycles. The number of ether oxygens (including phenoxy) is 1. The molecule has 5 heteroatoms. The second-order valence-electron chi connectivity index (χ2n) is 6.69. The molecule has 2 aromatic rings. The fourth-order valence-electron chi connectivity index (χ4n) is 3.90. The van der Waals surface area contributed by atoms with Crippen LogP contribution in [-0.4, -0.2) is 45.9 Å². The third-order valence-corrected chi connectivity index (χ3v) is 5.25. The number of fused-ring (bicyclic) bond motifs is 1. The van der Waals surface area contributed by atoms with Crippen LogP contribution >= 0.6 is 0 Å². The summed E-state index contributed by atoms with van der Waals surface area (Å²) >= 11 is 0. The van der Waals surface area contributed by atoms with E-state index in [0.29, 0.717) is 19.7 Å². The van der Waals surface area contributed by atoms with Gasteiger partial charge in [-0.15, -0.1) is 0 Å². The Morgan fingerprint density at radius 2 is 2.12 bits per heavy atom. The Kier molecular flexibility index (Phi) is 4.10. The zero-order valence-electron chi connectivity index (χ0n) is 14.0. The molecule has 0 unspecified atom stereocenters. The van der Waals surface area contributed by atoms with Crippen LogP contribution in [0.3, 0.4) is 0 Å². The summed E-state index contributed by atoms with van der Waals surface area (Å²) in [5.41, 5.74) is 2.84. The van der Waals surface area contributed by atoms with Gasteiger partial charge in [0.25, 0.3) is 5.91 Å². The summed E-state index contributed by atoms with van der Waals surface area (Å²) in [7, 11) is 0. The summed E-state index contributed by atoms with van der Waals surface area (Å²) in [5, 5.41) is 4.45. The molecule has 1 aromatic carbocycles. The largest absolute Gasteiger partial charge is 0.374 e. The number of aromatic nitrogens is 2. The third-order valence-electron chi connectivity index (χ3n) is 5.25. The number of carbonyl (C=O) groups excluding carboxylic acids is 1. The van der Waals surface area contributed by atoms with Crippen molar-refractivity contribution in [1.29, 1.82) is 0 Å². The Bertz CT molecular complexity index is 725. The molecule has 1 saturated carbocycles. The molecule has 1 amide bonds. The first kappa shape index (κ1) is 15.4. The van der Waals surface area contributed by atoms with Gasteiger partial charge in [-0.2, -0.15) is 5.10 Å². The molecule has 1 aromatic heterocycles. The molecule has 0 radical (unpaired) electrons. The second kappa shape index (κ2) is 6.40. The minimum atomic E-state index is 0.104. The normalized spacial score (nSPS) is 23.3. The maximum Gasteiger partial charge on any atom is 0.257 e. The van der Waals surface area contributed by atoms with Gasteiger partial charge in [0, 0.05) is 12.2 Å². The van der Waals surface area contributed by atoms with Gasteiger partial charge in [0.05, 0.1) is 37.1 Å². The van der Waals surface area contributed by atoms with Crippen LogP contribution in [0.5, 0.6) is 0 Å². The SMILES string of the molecule is Cc1c(C(=O)N2CCO[C@H]3CCC[C@H]32)cnn1Cc1ccccc1. The van der Waals surface area contributed by atoms with E-state index < -0.39 is 0 Å². The van der Waals surface area contributed by atoms with Crippen molar-refractivity contribution < 1.29 is 9.53 Å². The fourth-order valence-corrected chi connectivity index (χ4v) is 3.90. The van der Waals surface area contributed by atoms with Gasteiger partial charge < -0.3 is 9.64 Å². The molecule has 0 spiro atoms.